The topological polar surface area (TPSA) is 30.0 Å². The Morgan fingerprint density at radius 2 is 2.13 bits per heavy atom. The highest BCUT2D eigenvalue weighted by atomic mass is 32.1. The van der Waals surface area contributed by atoms with E-state index in [0.717, 1.165) is 17.4 Å². The fourth-order valence-corrected chi connectivity index (χ4v) is 1.92. The minimum atomic E-state index is -0.656. The molecule has 0 unspecified atom stereocenters. The van der Waals surface area contributed by atoms with Crippen molar-refractivity contribution >= 4 is 17.6 Å². The van der Waals surface area contributed by atoms with Crippen molar-refractivity contribution in [1.29, 1.82) is 0 Å². The number of thiazole rings is 1. The van der Waals surface area contributed by atoms with Crippen LogP contribution in [0.15, 0.2) is 24.4 Å². The van der Waals surface area contributed by atoms with E-state index in [0.29, 0.717) is 11.2 Å². The third-order valence-electron chi connectivity index (χ3n) is 1.82. The average molecular weight is 225 g/mol. The molecule has 2 nitrogen and oxygen atoms in total. The molecule has 0 aliphatic rings. The van der Waals surface area contributed by atoms with Gasteiger partial charge in [0, 0.05) is 17.8 Å². The van der Waals surface area contributed by atoms with Crippen LogP contribution in [0.2, 0.25) is 0 Å². The van der Waals surface area contributed by atoms with E-state index in [2.05, 4.69) is 4.98 Å². The number of halogens is 2. The predicted molar refractivity (Wildman–Crippen MR) is 52.9 cm³/mol. The third kappa shape index (κ3) is 1.92. The molecule has 0 saturated heterocycles. The Bertz CT molecular complexity index is 510. The van der Waals surface area contributed by atoms with Crippen LogP contribution in [0.3, 0.4) is 0 Å². The molecule has 0 fully saturated rings. The zero-order valence-corrected chi connectivity index (χ0v) is 8.22. The predicted octanol–water partition coefficient (Wildman–Crippen LogP) is 2.90. The maximum atomic E-state index is 13.3. The SMILES string of the molecule is O=Cc1ncc(-c2ccc(F)cc2F)s1. The van der Waals surface area contributed by atoms with E-state index in [4.69, 9.17) is 0 Å². The molecule has 2 aromatic rings. The lowest BCUT2D eigenvalue weighted by Gasteiger charge is -1.98. The second-order valence-corrected chi connectivity index (χ2v) is 3.87. The second kappa shape index (κ2) is 3.86. The molecule has 76 valence electrons. The number of carbonyl (C=O) groups excluding carboxylic acids is 1. The highest BCUT2D eigenvalue weighted by Gasteiger charge is 2.09. The molecule has 5 heteroatoms. The summed E-state index contributed by atoms with van der Waals surface area (Å²) < 4.78 is 25.9. The van der Waals surface area contributed by atoms with E-state index in [-0.39, 0.29) is 10.6 Å². The van der Waals surface area contributed by atoms with Gasteiger partial charge in [-0.15, -0.1) is 11.3 Å². The second-order valence-electron chi connectivity index (χ2n) is 2.80. The Hall–Kier alpha value is -1.62. The number of aromatic nitrogens is 1. The van der Waals surface area contributed by atoms with Gasteiger partial charge < -0.3 is 0 Å². The van der Waals surface area contributed by atoms with Crippen molar-refractivity contribution in [3.8, 4) is 10.4 Å². The molecule has 0 N–H and O–H groups in total. The van der Waals surface area contributed by atoms with E-state index < -0.39 is 11.6 Å². The van der Waals surface area contributed by atoms with Crippen LogP contribution < -0.4 is 0 Å². The fourth-order valence-electron chi connectivity index (χ4n) is 1.16. The van der Waals surface area contributed by atoms with Gasteiger partial charge in [-0.05, 0) is 12.1 Å². The first-order chi connectivity index (χ1) is 7.20. The van der Waals surface area contributed by atoms with Gasteiger partial charge in [-0.3, -0.25) is 4.79 Å². The van der Waals surface area contributed by atoms with Crippen LogP contribution in [-0.4, -0.2) is 11.3 Å². The minimum Gasteiger partial charge on any atom is -0.295 e. The standard InChI is InChI=1S/C10H5F2NOS/c11-6-1-2-7(8(12)3-6)9-4-13-10(5-14)15-9/h1-5H. The number of carbonyl (C=O) groups is 1. The summed E-state index contributed by atoms with van der Waals surface area (Å²) in [4.78, 5) is 14.7. The quantitative estimate of drug-likeness (QED) is 0.735. The Kier molecular flexibility index (Phi) is 2.55. The van der Waals surface area contributed by atoms with E-state index in [1.54, 1.807) is 0 Å². The Morgan fingerprint density at radius 1 is 1.33 bits per heavy atom. The lowest BCUT2D eigenvalue weighted by atomic mass is 10.2. The first-order valence-electron chi connectivity index (χ1n) is 4.07. The summed E-state index contributed by atoms with van der Waals surface area (Å²) in [5.41, 5.74) is 0.252. The van der Waals surface area contributed by atoms with Crippen LogP contribution in [-0.2, 0) is 0 Å². The van der Waals surface area contributed by atoms with Crippen LogP contribution >= 0.6 is 11.3 Å². The number of aldehydes is 1. The number of hydrogen-bond acceptors (Lipinski definition) is 3. The Morgan fingerprint density at radius 3 is 2.73 bits per heavy atom. The number of rotatable bonds is 2. The van der Waals surface area contributed by atoms with Crippen molar-refractivity contribution in [3.05, 3.63) is 41.0 Å². The van der Waals surface area contributed by atoms with Gasteiger partial charge in [0.1, 0.15) is 11.6 Å². The summed E-state index contributed by atoms with van der Waals surface area (Å²) in [7, 11) is 0. The first kappa shape index (κ1) is 9.92. The van der Waals surface area contributed by atoms with Crippen molar-refractivity contribution in [2.75, 3.05) is 0 Å². The lowest BCUT2D eigenvalue weighted by Crippen LogP contribution is -1.83. The summed E-state index contributed by atoms with van der Waals surface area (Å²) in [5.74, 6) is -1.28. The Labute approximate surface area is 88.2 Å². The maximum Gasteiger partial charge on any atom is 0.178 e. The van der Waals surface area contributed by atoms with Gasteiger partial charge in [0.2, 0.25) is 0 Å². The van der Waals surface area contributed by atoms with E-state index in [1.807, 2.05) is 0 Å². The summed E-state index contributed by atoms with van der Waals surface area (Å²) >= 11 is 1.06. The molecule has 0 amide bonds. The van der Waals surface area contributed by atoms with Gasteiger partial charge in [-0.1, -0.05) is 0 Å². The fraction of sp³-hybridized carbons (Fsp3) is 0. The molecule has 0 aliphatic carbocycles. The van der Waals surface area contributed by atoms with Gasteiger partial charge in [-0.25, -0.2) is 13.8 Å². The molecule has 0 spiro atoms. The van der Waals surface area contributed by atoms with Crippen LogP contribution in [0.4, 0.5) is 8.78 Å². The maximum absolute atomic E-state index is 13.3. The van der Waals surface area contributed by atoms with Crippen LogP contribution in [0.5, 0.6) is 0 Å². The molecule has 1 heterocycles. The first-order valence-corrected chi connectivity index (χ1v) is 4.89. The van der Waals surface area contributed by atoms with E-state index in [9.17, 15) is 13.6 Å². The zero-order valence-electron chi connectivity index (χ0n) is 7.41. The highest BCUT2D eigenvalue weighted by Crippen LogP contribution is 2.28. The van der Waals surface area contributed by atoms with Crippen molar-refractivity contribution in [3.63, 3.8) is 0 Å². The molecule has 15 heavy (non-hydrogen) atoms. The summed E-state index contributed by atoms with van der Waals surface area (Å²) in [5, 5.41) is 0.272. The van der Waals surface area contributed by atoms with Gasteiger partial charge in [0.05, 0.1) is 4.88 Å². The largest absolute Gasteiger partial charge is 0.295 e. The van der Waals surface area contributed by atoms with Gasteiger partial charge >= 0.3 is 0 Å². The van der Waals surface area contributed by atoms with E-state index in [1.165, 1.54) is 18.3 Å². The molecule has 1 aromatic heterocycles. The molecule has 1 aromatic carbocycles. The van der Waals surface area contributed by atoms with Crippen LogP contribution in [0, 0.1) is 11.6 Å². The normalized spacial score (nSPS) is 10.3. The minimum absolute atomic E-state index is 0.252. The number of benzene rings is 1. The van der Waals surface area contributed by atoms with Gasteiger partial charge in [0.15, 0.2) is 11.3 Å². The molecule has 0 radical (unpaired) electrons. The average Bonchev–Trinajstić information content (AvgIpc) is 2.66. The lowest BCUT2D eigenvalue weighted by molar-refractivity contribution is 0.112. The molecule has 0 atom stereocenters. The van der Waals surface area contributed by atoms with Crippen molar-refractivity contribution < 1.29 is 13.6 Å². The summed E-state index contributed by atoms with van der Waals surface area (Å²) in [6.07, 6.45) is 1.99. The number of hydrogen-bond donors (Lipinski definition) is 0. The summed E-state index contributed by atoms with van der Waals surface area (Å²) in [6.45, 7) is 0. The van der Waals surface area contributed by atoms with Crippen molar-refractivity contribution in [1.82, 2.24) is 4.98 Å². The molecule has 0 aliphatic heterocycles. The van der Waals surface area contributed by atoms with Crippen LogP contribution in [0.1, 0.15) is 9.80 Å². The summed E-state index contributed by atoms with van der Waals surface area (Å²) in [6, 6.07) is 3.29. The van der Waals surface area contributed by atoms with Crippen molar-refractivity contribution in [2.24, 2.45) is 0 Å². The zero-order chi connectivity index (χ0) is 10.8. The van der Waals surface area contributed by atoms with E-state index >= 15 is 0 Å². The Balaban J connectivity index is 2.49. The van der Waals surface area contributed by atoms with Gasteiger partial charge in [0.25, 0.3) is 0 Å². The molecular formula is C10H5F2NOS. The molecule has 2 rings (SSSR count). The molecule has 0 bridgehead atoms. The van der Waals surface area contributed by atoms with Crippen molar-refractivity contribution in [2.45, 2.75) is 0 Å². The highest BCUT2D eigenvalue weighted by molar-refractivity contribution is 7.16. The smallest absolute Gasteiger partial charge is 0.178 e. The monoisotopic (exact) mass is 225 g/mol. The third-order valence-corrected chi connectivity index (χ3v) is 2.78. The molecule has 0 saturated carbocycles. The van der Waals surface area contributed by atoms with Crippen LogP contribution in [0.25, 0.3) is 10.4 Å². The molecular weight excluding hydrogens is 220 g/mol. The van der Waals surface area contributed by atoms with Gasteiger partial charge in [-0.2, -0.15) is 0 Å². The number of nitrogens with zero attached hydrogens (tertiary/aromatic N) is 1.